The molecule has 0 heterocycles. The SMILES string of the molecule is C=C(C)[C@H]1C[C@@]2(C)[C@H](CC(=O)C[C@@H]2C)[C@H](OC(=O)C/C(C)=C/C)[C@@H]1O. The minimum absolute atomic E-state index is 0.113. The molecule has 2 aliphatic rings. The second-order valence-corrected chi connectivity index (χ2v) is 8.37. The van der Waals surface area contributed by atoms with E-state index in [1.165, 1.54) is 0 Å². The molecule has 2 saturated carbocycles. The van der Waals surface area contributed by atoms with Gasteiger partial charge in [-0.25, -0.2) is 0 Å². The molecule has 0 aromatic rings. The van der Waals surface area contributed by atoms with Crippen LogP contribution in [-0.4, -0.2) is 29.1 Å². The molecule has 0 aromatic carbocycles. The number of aliphatic hydroxyl groups excluding tert-OH is 1. The maximum Gasteiger partial charge on any atom is 0.310 e. The Balaban J connectivity index is 2.33. The molecule has 0 saturated heterocycles. The highest BCUT2D eigenvalue weighted by Gasteiger charge is 2.56. The molecule has 2 rings (SSSR count). The van der Waals surface area contributed by atoms with Gasteiger partial charge in [-0.1, -0.05) is 37.6 Å². The first kappa shape index (κ1) is 19.9. The van der Waals surface area contributed by atoms with Crippen LogP contribution in [0.25, 0.3) is 0 Å². The number of esters is 1. The van der Waals surface area contributed by atoms with E-state index in [-0.39, 0.29) is 41.3 Å². The number of ketones is 1. The van der Waals surface area contributed by atoms with E-state index in [0.29, 0.717) is 12.8 Å². The van der Waals surface area contributed by atoms with Gasteiger partial charge in [0.15, 0.2) is 0 Å². The molecule has 0 aromatic heterocycles. The summed E-state index contributed by atoms with van der Waals surface area (Å²) in [5, 5.41) is 10.9. The van der Waals surface area contributed by atoms with Crippen molar-refractivity contribution in [3.63, 3.8) is 0 Å². The van der Waals surface area contributed by atoms with Gasteiger partial charge >= 0.3 is 5.97 Å². The predicted molar refractivity (Wildman–Crippen MR) is 97.9 cm³/mol. The molecule has 0 radical (unpaired) electrons. The van der Waals surface area contributed by atoms with Gasteiger partial charge in [0, 0.05) is 24.7 Å². The van der Waals surface area contributed by atoms with Gasteiger partial charge in [-0.3, -0.25) is 9.59 Å². The van der Waals surface area contributed by atoms with E-state index in [1.54, 1.807) is 0 Å². The van der Waals surface area contributed by atoms with Crippen LogP contribution in [0.1, 0.15) is 60.3 Å². The average molecular weight is 348 g/mol. The first-order valence-corrected chi connectivity index (χ1v) is 9.26. The number of ether oxygens (including phenoxy) is 1. The van der Waals surface area contributed by atoms with Crippen molar-refractivity contribution in [1.29, 1.82) is 0 Å². The molecule has 2 fully saturated rings. The third-order valence-electron chi connectivity index (χ3n) is 6.58. The number of rotatable bonds is 4. The number of hydrogen-bond donors (Lipinski definition) is 1. The normalized spacial score (nSPS) is 38.9. The van der Waals surface area contributed by atoms with Crippen LogP contribution < -0.4 is 0 Å². The Hall–Kier alpha value is -1.42. The predicted octanol–water partition coefficient (Wildman–Crippen LogP) is 3.83. The van der Waals surface area contributed by atoms with Gasteiger partial charge in [0.2, 0.25) is 0 Å². The number of carbonyl (C=O) groups excluding carboxylic acids is 2. The molecule has 4 heteroatoms. The molecule has 4 nitrogen and oxygen atoms in total. The van der Waals surface area contributed by atoms with Crippen molar-refractivity contribution in [1.82, 2.24) is 0 Å². The van der Waals surface area contributed by atoms with E-state index in [1.807, 2.05) is 26.8 Å². The average Bonchev–Trinajstić information content (AvgIpc) is 2.52. The van der Waals surface area contributed by atoms with Crippen LogP contribution in [-0.2, 0) is 14.3 Å². The zero-order valence-electron chi connectivity index (χ0n) is 16.2. The fraction of sp³-hybridized carbons (Fsp3) is 0.714. The zero-order valence-corrected chi connectivity index (χ0v) is 16.2. The highest BCUT2D eigenvalue weighted by molar-refractivity contribution is 5.80. The standard InChI is InChI=1S/C21H32O4/c1-7-13(4)8-18(23)25-20-17-10-15(22)9-14(5)21(17,6)11-16(12(2)3)19(20)24/h7,14,16-17,19-20,24H,2,8-11H2,1,3-6H3/b13-7+/t14-,16+,17+,19+,20-,21+/m0/s1. The lowest BCUT2D eigenvalue weighted by molar-refractivity contribution is -0.189. The molecule has 0 unspecified atom stereocenters. The van der Waals surface area contributed by atoms with E-state index in [9.17, 15) is 14.7 Å². The van der Waals surface area contributed by atoms with Gasteiger partial charge in [0.05, 0.1) is 12.5 Å². The van der Waals surface area contributed by atoms with E-state index in [0.717, 1.165) is 17.6 Å². The quantitative estimate of drug-likeness (QED) is 0.619. The van der Waals surface area contributed by atoms with E-state index >= 15 is 0 Å². The van der Waals surface area contributed by atoms with Crippen LogP contribution in [0.15, 0.2) is 23.8 Å². The van der Waals surface area contributed by atoms with Crippen molar-refractivity contribution in [2.45, 2.75) is 72.5 Å². The summed E-state index contributed by atoms with van der Waals surface area (Å²) in [5.41, 5.74) is 1.70. The third kappa shape index (κ3) is 3.89. The summed E-state index contributed by atoms with van der Waals surface area (Å²) in [6, 6.07) is 0. The van der Waals surface area contributed by atoms with E-state index in [2.05, 4.69) is 20.4 Å². The van der Waals surface area contributed by atoms with Crippen LogP contribution in [0.4, 0.5) is 0 Å². The van der Waals surface area contributed by atoms with Crippen molar-refractivity contribution in [3.8, 4) is 0 Å². The number of aliphatic hydroxyl groups is 1. The van der Waals surface area contributed by atoms with Gasteiger partial charge in [-0.15, -0.1) is 0 Å². The highest BCUT2D eigenvalue weighted by Crippen LogP contribution is 2.55. The second-order valence-electron chi connectivity index (χ2n) is 8.37. The largest absolute Gasteiger partial charge is 0.459 e. The molecule has 0 bridgehead atoms. The molecule has 2 aliphatic carbocycles. The van der Waals surface area contributed by atoms with E-state index in [4.69, 9.17) is 4.74 Å². The van der Waals surface area contributed by atoms with Crippen molar-refractivity contribution >= 4 is 11.8 Å². The number of hydrogen-bond acceptors (Lipinski definition) is 4. The molecule has 0 aliphatic heterocycles. The molecular weight excluding hydrogens is 316 g/mol. The summed E-state index contributed by atoms with van der Waals surface area (Å²) in [6.07, 6.45) is 2.36. The summed E-state index contributed by atoms with van der Waals surface area (Å²) in [4.78, 5) is 24.6. The number of fused-ring (bicyclic) bond motifs is 1. The minimum Gasteiger partial charge on any atom is -0.459 e. The summed E-state index contributed by atoms with van der Waals surface area (Å²) < 4.78 is 5.76. The van der Waals surface area contributed by atoms with Crippen molar-refractivity contribution in [2.24, 2.45) is 23.2 Å². The first-order valence-electron chi connectivity index (χ1n) is 9.26. The van der Waals surface area contributed by atoms with Crippen LogP contribution in [0.3, 0.4) is 0 Å². The fourth-order valence-electron chi connectivity index (χ4n) is 4.55. The summed E-state index contributed by atoms with van der Waals surface area (Å²) in [5.74, 6) is -0.190. The maximum atomic E-state index is 12.4. The smallest absolute Gasteiger partial charge is 0.310 e. The van der Waals surface area contributed by atoms with E-state index < -0.39 is 12.2 Å². The summed E-state index contributed by atoms with van der Waals surface area (Å²) in [7, 11) is 0. The monoisotopic (exact) mass is 348 g/mol. The lowest BCUT2D eigenvalue weighted by Gasteiger charge is -2.55. The van der Waals surface area contributed by atoms with Gasteiger partial charge < -0.3 is 9.84 Å². The molecule has 0 spiro atoms. The molecular formula is C21H32O4. The molecule has 1 N–H and O–H groups in total. The molecule has 0 amide bonds. The highest BCUT2D eigenvalue weighted by atomic mass is 16.6. The zero-order chi connectivity index (χ0) is 18.9. The molecule has 25 heavy (non-hydrogen) atoms. The first-order chi connectivity index (χ1) is 11.6. The molecule has 140 valence electrons. The Kier molecular flexibility index (Phi) is 5.93. The Labute approximate surface area is 151 Å². The fourth-order valence-corrected chi connectivity index (χ4v) is 4.55. The van der Waals surface area contributed by atoms with Gasteiger partial charge in [-0.05, 0) is 38.5 Å². The van der Waals surface area contributed by atoms with Crippen molar-refractivity contribution in [3.05, 3.63) is 23.8 Å². The lowest BCUT2D eigenvalue weighted by Crippen LogP contribution is -2.58. The Morgan fingerprint density at radius 3 is 2.60 bits per heavy atom. The third-order valence-corrected chi connectivity index (χ3v) is 6.58. The van der Waals surface area contributed by atoms with Crippen molar-refractivity contribution in [2.75, 3.05) is 0 Å². The van der Waals surface area contributed by atoms with Gasteiger partial charge in [0.1, 0.15) is 11.9 Å². The van der Waals surface area contributed by atoms with Gasteiger partial charge in [-0.2, -0.15) is 0 Å². The maximum absolute atomic E-state index is 12.4. The Morgan fingerprint density at radius 1 is 1.40 bits per heavy atom. The topological polar surface area (TPSA) is 63.6 Å². The molecule has 6 atom stereocenters. The number of Topliss-reactive ketones (excluding diaryl/α,β-unsaturated/α-hetero) is 1. The van der Waals surface area contributed by atoms with Crippen LogP contribution in [0, 0.1) is 23.2 Å². The van der Waals surface area contributed by atoms with Crippen LogP contribution in [0.5, 0.6) is 0 Å². The lowest BCUT2D eigenvalue weighted by atomic mass is 9.51. The van der Waals surface area contributed by atoms with Gasteiger partial charge in [0.25, 0.3) is 0 Å². The Bertz CT molecular complexity index is 591. The van der Waals surface area contributed by atoms with Crippen LogP contribution >= 0.6 is 0 Å². The second kappa shape index (κ2) is 7.45. The summed E-state index contributed by atoms with van der Waals surface area (Å²) >= 11 is 0. The van der Waals surface area contributed by atoms with Crippen molar-refractivity contribution < 1.29 is 19.4 Å². The number of allylic oxidation sites excluding steroid dienone is 1. The number of carbonyl (C=O) groups is 2. The minimum atomic E-state index is -0.802. The van der Waals surface area contributed by atoms with Crippen LogP contribution in [0.2, 0.25) is 0 Å². The summed E-state index contributed by atoms with van der Waals surface area (Å²) in [6.45, 7) is 14.0. The Morgan fingerprint density at radius 2 is 2.04 bits per heavy atom.